The van der Waals surface area contributed by atoms with Gasteiger partial charge < -0.3 is 4.90 Å². The molecule has 1 aromatic heterocycles. The maximum atomic E-state index is 12.2. The molecule has 21 heavy (non-hydrogen) atoms. The molecule has 0 unspecified atom stereocenters. The molecule has 8 heteroatoms. The number of aromatic nitrogens is 2. The second kappa shape index (κ2) is 6.57. The van der Waals surface area contributed by atoms with Crippen LogP contribution in [0.4, 0.5) is 0 Å². The summed E-state index contributed by atoms with van der Waals surface area (Å²) in [6.07, 6.45) is 3.68. The molecule has 2 heterocycles. The minimum atomic E-state index is -3.53. The molecular weight excluding hydrogens is 292 g/mol. The number of sulfonamides is 1. The molecule has 0 aliphatic carbocycles. The lowest BCUT2D eigenvalue weighted by Gasteiger charge is -2.15. The maximum absolute atomic E-state index is 12.2. The Morgan fingerprint density at radius 1 is 1.43 bits per heavy atom. The summed E-state index contributed by atoms with van der Waals surface area (Å²) >= 11 is 0. The van der Waals surface area contributed by atoms with Gasteiger partial charge in [-0.2, -0.15) is 5.10 Å². The van der Waals surface area contributed by atoms with Gasteiger partial charge in [0.15, 0.2) is 0 Å². The average molecular weight is 314 g/mol. The van der Waals surface area contributed by atoms with Crippen molar-refractivity contribution in [2.24, 2.45) is 0 Å². The van der Waals surface area contributed by atoms with Crippen molar-refractivity contribution in [1.29, 1.82) is 0 Å². The van der Waals surface area contributed by atoms with E-state index in [0.717, 1.165) is 13.0 Å². The summed E-state index contributed by atoms with van der Waals surface area (Å²) in [5, 5.41) is 4.14. The van der Waals surface area contributed by atoms with Crippen molar-refractivity contribution in [3.8, 4) is 0 Å². The summed E-state index contributed by atoms with van der Waals surface area (Å²) in [5.74, 6) is 0.165. The lowest BCUT2D eigenvalue weighted by molar-refractivity contribution is -0.127. The van der Waals surface area contributed by atoms with Gasteiger partial charge in [0.2, 0.25) is 15.9 Å². The van der Waals surface area contributed by atoms with Gasteiger partial charge in [-0.3, -0.25) is 9.48 Å². The molecule has 0 spiro atoms. The van der Waals surface area contributed by atoms with Gasteiger partial charge in [0.05, 0.1) is 5.69 Å². The Bertz CT molecular complexity index is 609. The van der Waals surface area contributed by atoms with Crippen LogP contribution in [0.3, 0.4) is 0 Å². The number of likely N-dealkylation sites (tertiary alicyclic amines) is 1. The number of carbonyl (C=O) groups is 1. The summed E-state index contributed by atoms with van der Waals surface area (Å²) < 4.78 is 28.6. The lowest BCUT2D eigenvalue weighted by Crippen LogP contribution is -2.30. The Morgan fingerprint density at radius 2 is 2.19 bits per heavy atom. The second-order valence-corrected chi connectivity index (χ2v) is 6.91. The number of nitrogens with one attached hydrogen (secondary N) is 1. The molecule has 1 aromatic rings. The highest BCUT2D eigenvalue weighted by Gasteiger charge is 2.21. The van der Waals surface area contributed by atoms with Crippen LogP contribution in [-0.2, 0) is 21.4 Å². The van der Waals surface area contributed by atoms with E-state index >= 15 is 0 Å². The van der Waals surface area contributed by atoms with Crippen molar-refractivity contribution in [3.05, 3.63) is 11.9 Å². The fourth-order valence-electron chi connectivity index (χ4n) is 2.42. The number of rotatable bonds is 7. The fourth-order valence-corrected chi connectivity index (χ4v) is 3.68. The van der Waals surface area contributed by atoms with Gasteiger partial charge in [-0.1, -0.05) is 0 Å². The zero-order chi connectivity index (χ0) is 15.5. The molecule has 1 amide bonds. The van der Waals surface area contributed by atoms with E-state index < -0.39 is 10.0 Å². The first-order valence-electron chi connectivity index (χ1n) is 7.25. The third-order valence-electron chi connectivity index (χ3n) is 3.58. The largest absolute Gasteiger partial charge is 0.343 e. The molecular formula is C13H22N4O3S. The zero-order valence-corrected chi connectivity index (χ0v) is 13.3. The van der Waals surface area contributed by atoms with Crippen LogP contribution in [0.25, 0.3) is 0 Å². The minimum absolute atomic E-state index is 0.165. The lowest BCUT2D eigenvalue weighted by atomic mass is 10.4. The van der Waals surface area contributed by atoms with E-state index in [1.165, 1.54) is 0 Å². The second-order valence-electron chi connectivity index (χ2n) is 5.17. The van der Waals surface area contributed by atoms with Gasteiger partial charge >= 0.3 is 0 Å². The van der Waals surface area contributed by atoms with Crippen molar-refractivity contribution in [2.45, 2.75) is 44.6 Å². The SMILES string of the molecule is CCn1cc(S(=O)(=O)NCCCN2CCCC2=O)c(C)n1. The molecule has 118 valence electrons. The number of nitrogens with zero attached hydrogens (tertiary/aromatic N) is 3. The minimum Gasteiger partial charge on any atom is -0.343 e. The Hall–Kier alpha value is -1.41. The number of carbonyl (C=O) groups excluding carboxylic acids is 1. The summed E-state index contributed by atoms with van der Waals surface area (Å²) in [7, 11) is -3.53. The molecule has 1 fully saturated rings. The third-order valence-corrected chi connectivity index (χ3v) is 5.15. The third kappa shape index (κ3) is 3.82. The first-order valence-corrected chi connectivity index (χ1v) is 8.74. The van der Waals surface area contributed by atoms with E-state index in [4.69, 9.17) is 0 Å². The van der Waals surface area contributed by atoms with Crippen molar-refractivity contribution in [2.75, 3.05) is 19.6 Å². The molecule has 1 aliphatic rings. The van der Waals surface area contributed by atoms with Crippen LogP contribution in [0.1, 0.15) is 31.9 Å². The van der Waals surface area contributed by atoms with E-state index in [2.05, 4.69) is 9.82 Å². The molecule has 2 rings (SSSR count). The van der Waals surface area contributed by atoms with Gasteiger partial charge in [0.1, 0.15) is 4.90 Å². The zero-order valence-electron chi connectivity index (χ0n) is 12.5. The predicted octanol–water partition coefficient (Wildman–Crippen LogP) is 0.502. The number of hydrogen-bond donors (Lipinski definition) is 1. The molecule has 0 aromatic carbocycles. The van der Waals surface area contributed by atoms with Crippen LogP contribution in [0.2, 0.25) is 0 Å². The highest BCUT2D eigenvalue weighted by molar-refractivity contribution is 7.89. The Morgan fingerprint density at radius 3 is 2.76 bits per heavy atom. The van der Waals surface area contributed by atoms with Gasteiger partial charge in [-0.25, -0.2) is 13.1 Å². The monoisotopic (exact) mass is 314 g/mol. The average Bonchev–Trinajstić information content (AvgIpc) is 3.01. The maximum Gasteiger partial charge on any atom is 0.243 e. The Labute approximate surface area is 125 Å². The van der Waals surface area contributed by atoms with Crippen molar-refractivity contribution in [3.63, 3.8) is 0 Å². The van der Waals surface area contributed by atoms with Crippen molar-refractivity contribution >= 4 is 15.9 Å². The number of hydrogen-bond acceptors (Lipinski definition) is 4. The van der Waals surface area contributed by atoms with Gasteiger partial charge in [0, 0.05) is 38.8 Å². The van der Waals surface area contributed by atoms with Crippen LogP contribution in [0.15, 0.2) is 11.1 Å². The summed E-state index contributed by atoms with van der Waals surface area (Å²) in [4.78, 5) is 13.5. The summed E-state index contributed by atoms with van der Waals surface area (Å²) in [5.41, 5.74) is 0.499. The van der Waals surface area contributed by atoms with Gasteiger partial charge in [-0.05, 0) is 26.7 Å². The molecule has 1 N–H and O–H groups in total. The van der Waals surface area contributed by atoms with Crippen molar-refractivity contribution < 1.29 is 13.2 Å². The predicted molar refractivity (Wildman–Crippen MR) is 78.3 cm³/mol. The van der Waals surface area contributed by atoms with Crippen LogP contribution in [0, 0.1) is 6.92 Å². The van der Waals surface area contributed by atoms with Crippen LogP contribution in [-0.4, -0.2) is 48.6 Å². The van der Waals surface area contributed by atoms with Crippen molar-refractivity contribution in [1.82, 2.24) is 19.4 Å². The normalized spacial score (nSPS) is 15.9. The topological polar surface area (TPSA) is 84.3 Å². The van der Waals surface area contributed by atoms with Crippen LogP contribution >= 0.6 is 0 Å². The van der Waals surface area contributed by atoms with Crippen LogP contribution < -0.4 is 4.72 Å². The first-order chi connectivity index (χ1) is 9.94. The van der Waals surface area contributed by atoms with E-state index in [9.17, 15) is 13.2 Å². The number of amides is 1. The molecule has 0 radical (unpaired) electrons. The highest BCUT2D eigenvalue weighted by atomic mass is 32.2. The smallest absolute Gasteiger partial charge is 0.243 e. The molecule has 1 saturated heterocycles. The molecule has 1 aliphatic heterocycles. The Balaban J connectivity index is 1.86. The summed E-state index contributed by atoms with van der Waals surface area (Å²) in [6, 6.07) is 0. The number of aryl methyl sites for hydroxylation is 2. The van der Waals surface area contributed by atoms with E-state index in [1.54, 1.807) is 22.7 Å². The Kier molecular flexibility index (Phi) is 5.00. The summed E-state index contributed by atoms with van der Waals surface area (Å²) in [6.45, 7) is 5.94. The van der Waals surface area contributed by atoms with Gasteiger partial charge in [-0.15, -0.1) is 0 Å². The fraction of sp³-hybridized carbons (Fsp3) is 0.692. The highest BCUT2D eigenvalue weighted by Crippen LogP contribution is 2.13. The molecule has 0 atom stereocenters. The van der Waals surface area contributed by atoms with E-state index in [-0.39, 0.29) is 10.8 Å². The molecule has 0 saturated carbocycles. The van der Waals surface area contributed by atoms with Crippen LogP contribution in [0.5, 0.6) is 0 Å². The quantitative estimate of drug-likeness (QED) is 0.743. The first kappa shape index (κ1) is 16.0. The molecule has 7 nitrogen and oxygen atoms in total. The molecule has 0 bridgehead atoms. The van der Waals surface area contributed by atoms with E-state index in [0.29, 0.717) is 38.2 Å². The standard InChI is InChI=1S/C13H22N4O3S/c1-3-17-10-12(11(2)15-17)21(19,20)14-7-5-9-16-8-4-6-13(16)18/h10,14H,3-9H2,1-2H3. The van der Waals surface area contributed by atoms with E-state index in [1.807, 2.05) is 6.92 Å². The van der Waals surface area contributed by atoms with Gasteiger partial charge in [0.25, 0.3) is 0 Å².